The molecule has 2 heterocycles. The molecule has 5 rings (SSSR count). The molecule has 0 amide bonds. The van der Waals surface area contributed by atoms with Gasteiger partial charge in [0, 0.05) is 47.7 Å². The van der Waals surface area contributed by atoms with E-state index in [0.29, 0.717) is 32.3 Å². The van der Waals surface area contributed by atoms with E-state index in [-0.39, 0.29) is 11.5 Å². The topological polar surface area (TPSA) is 61.0 Å². The molecule has 0 aliphatic carbocycles. The molecule has 2 unspecified atom stereocenters. The molecule has 0 saturated carbocycles. The molecule has 2 N–H and O–H groups in total. The molecule has 0 aromatic heterocycles. The lowest BCUT2D eigenvalue weighted by Gasteiger charge is -2.33. The Kier molecular flexibility index (Phi) is 9.07. The van der Waals surface area contributed by atoms with Crippen LogP contribution in [0.5, 0.6) is 11.5 Å². The van der Waals surface area contributed by atoms with Crippen LogP contribution in [-0.2, 0) is 28.1 Å². The van der Waals surface area contributed by atoms with Crippen molar-refractivity contribution in [1.82, 2.24) is 5.32 Å². The van der Waals surface area contributed by atoms with Gasteiger partial charge in [0.15, 0.2) is 0 Å². The van der Waals surface area contributed by atoms with Gasteiger partial charge in [-0.3, -0.25) is 0 Å². The van der Waals surface area contributed by atoms with Crippen molar-refractivity contribution in [3.05, 3.63) is 89.0 Å². The number of benzene rings is 3. The van der Waals surface area contributed by atoms with E-state index in [0.717, 1.165) is 49.5 Å². The third-order valence-electron chi connectivity index (χ3n) is 7.93. The highest BCUT2D eigenvalue weighted by atomic mass is 16.5. The number of para-hydroxylation sites is 2. The second-order valence-electron chi connectivity index (χ2n) is 11.2. The van der Waals surface area contributed by atoms with Crippen molar-refractivity contribution in [1.29, 1.82) is 0 Å². The summed E-state index contributed by atoms with van der Waals surface area (Å²) in [6.07, 6.45) is 2.03. The number of rotatable bonds is 12. The summed E-state index contributed by atoms with van der Waals surface area (Å²) in [6, 6.07) is 23.1. The maximum atomic E-state index is 6.55. The number of piperidine rings is 1. The van der Waals surface area contributed by atoms with Gasteiger partial charge in [0.05, 0.1) is 39.6 Å². The Morgan fingerprint density at radius 1 is 0.897 bits per heavy atom. The van der Waals surface area contributed by atoms with Crippen molar-refractivity contribution in [3.8, 4) is 11.5 Å². The maximum Gasteiger partial charge on any atom is 0.124 e. The molecular formula is C33H42N2O4. The van der Waals surface area contributed by atoms with E-state index < -0.39 is 0 Å². The number of ether oxygens (including phenoxy) is 4. The van der Waals surface area contributed by atoms with E-state index >= 15 is 0 Å². The number of anilines is 1. The Hall–Kier alpha value is -3.06. The predicted molar refractivity (Wildman–Crippen MR) is 156 cm³/mol. The third-order valence-corrected chi connectivity index (χ3v) is 7.93. The van der Waals surface area contributed by atoms with Gasteiger partial charge in [-0.15, -0.1) is 0 Å². The smallest absolute Gasteiger partial charge is 0.124 e. The largest absolute Gasteiger partial charge is 0.496 e. The maximum absolute atomic E-state index is 6.55. The van der Waals surface area contributed by atoms with Crippen LogP contribution in [-0.4, -0.2) is 46.1 Å². The van der Waals surface area contributed by atoms with Gasteiger partial charge in [-0.05, 0) is 42.3 Å². The number of hydrogen-bond donors (Lipinski definition) is 2. The van der Waals surface area contributed by atoms with E-state index in [1.165, 1.54) is 22.4 Å². The molecule has 1 saturated heterocycles. The summed E-state index contributed by atoms with van der Waals surface area (Å²) >= 11 is 0. The van der Waals surface area contributed by atoms with Crippen molar-refractivity contribution in [2.75, 3.05) is 45.3 Å². The van der Waals surface area contributed by atoms with Crippen molar-refractivity contribution in [2.24, 2.45) is 0 Å². The molecular weight excluding hydrogens is 488 g/mol. The number of nitrogens with one attached hydrogen (secondary N) is 2. The molecule has 2 atom stereocenters. The molecule has 2 aliphatic rings. The lowest BCUT2D eigenvalue weighted by molar-refractivity contribution is 0.0108. The minimum absolute atomic E-state index is 0.135. The zero-order valence-corrected chi connectivity index (χ0v) is 23.5. The van der Waals surface area contributed by atoms with Crippen LogP contribution in [0.3, 0.4) is 0 Å². The SMILES string of the molecule is COc1ccccc1COCCCOc1ccc(C2CCNCC2OCc2cccc3c2NCC3(C)C)cc1. The Morgan fingerprint density at radius 3 is 2.56 bits per heavy atom. The highest BCUT2D eigenvalue weighted by molar-refractivity contribution is 5.64. The highest BCUT2D eigenvalue weighted by Crippen LogP contribution is 2.39. The van der Waals surface area contributed by atoms with Crippen molar-refractivity contribution in [3.63, 3.8) is 0 Å². The van der Waals surface area contributed by atoms with Gasteiger partial charge in [0.25, 0.3) is 0 Å². The summed E-state index contributed by atoms with van der Waals surface area (Å²) < 4.78 is 23.7. The van der Waals surface area contributed by atoms with Gasteiger partial charge < -0.3 is 29.6 Å². The first-order valence-electron chi connectivity index (χ1n) is 14.2. The van der Waals surface area contributed by atoms with Crippen LogP contribution in [0.1, 0.15) is 54.9 Å². The van der Waals surface area contributed by atoms with Crippen molar-refractivity contribution in [2.45, 2.75) is 57.3 Å². The number of hydrogen-bond acceptors (Lipinski definition) is 6. The molecule has 6 nitrogen and oxygen atoms in total. The molecule has 1 fully saturated rings. The van der Waals surface area contributed by atoms with Crippen LogP contribution in [0.15, 0.2) is 66.7 Å². The molecule has 208 valence electrons. The molecule has 3 aromatic carbocycles. The van der Waals surface area contributed by atoms with E-state index in [1.807, 2.05) is 24.3 Å². The average molecular weight is 531 g/mol. The summed E-state index contributed by atoms with van der Waals surface area (Å²) in [5.74, 6) is 2.12. The highest BCUT2D eigenvalue weighted by Gasteiger charge is 2.32. The first kappa shape index (κ1) is 27.5. The van der Waals surface area contributed by atoms with Gasteiger partial charge in [-0.1, -0.05) is 62.4 Å². The van der Waals surface area contributed by atoms with E-state index in [4.69, 9.17) is 18.9 Å². The molecule has 2 aliphatic heterocycles. The first-order valence-corrected chi connectivity index (χ1v) is 14.2. The number of fused-ring (bicyclic) bond motifs is 1. The predicted octanol–water partition coefficient (Wildman–Crippen LogP) is 6.05. The fourth-order valence-electron chi connectivity index (χ4n) is 5.65. The molecule has 0 bridgehead atoms. The Bertz CT molecular complexity index is 1210. The minimum atomic E-state index is 0.135. The van der Waals surface area contributed by atoms with Gasteiger partial charge in [0.2, 0.25) is 0 Å². The quantitative estimate of drug-likeness (QED) is 0.278. The second-order valence-corrected chi connectivity index (χ2v) is 11.2. The molecule has 3 aromatic rings. The van der Waals surface area contributed by atoms with Crippen molar-refractivity contribution < 1.29 is 18.9 Å². The standard InChI is InChI=1S/C33H42N2O4/c1-33(2)23-35-32-26(9-6-10-29(32)33)22-39-31-20-34-17-16-28(31)24-12-14-27(15-13-24)38-19-7-18-37-21-25-8-4-5-11-30(25)36-3/h4-6,8-15,28,31,34-35H,7,16-23H2,1-3H3. The van der Waals surface area contributed by atoms with E-state index in [1.54, 1.807) is 7.11 Å². The van der Waals surface area contributed by atoms with Gasteiger partial charge in [0.1, 0.15) is 11.5 Å². The lowest BCUT2D eigenvalue weighted by atomic mass is 9.86. The molecule has 0 spiro atoms. The fourth-order valence-corrected chi connectivity index (χ4v) is 5.65. The van der Waals surface area contributed by atoms with Crippen LogP contribution in [0.25, 0.3) is 0 Å². The van der Waals surface area contributed by atoms with Gasteiger partial charge in [-0.25, -0.2) is 0 Å². The van der Waals surface area contributed by atoms with Crippen LogP contribution in [0.2, 0.25) is 0 Å². The first-order chi connectivity index (χ1) is 19.0. The van der Waals surface area contributed by atoms with Gasteiger partial charge in [-0.2, -0.15) is 0 Å². The van der Waals surface area contributed by atoms with Crippen LogP contribution in [0, 0.1) is 0 Å². The van der Waals surface area contributed by atoms with Crippen LogP contribution in [0.4, 0.5) is 5.69 Å². The zero-order chi connectivity index (χ0) is 27.1. The minimum Gasteiger partial charge on any atom is -0.496 e. The summed E-state index contributed by atoms with van der Waals surface area (Å²) in [4.78, 5) is 0. The summed E-state index contributed by atoms with van der Waals surface area (Å²) in [6.45, 7) is 9.86. The Morgan fingerprint density at radius 2 is 1.72 bits per heavy atom. The molecule has 39 heavy (non-hydrogen) atoms. The average Bonchev–Trinajstić information content (AvgIpc) is 3.29. The fraction of sp³-hybridized carbons (Fsp3) is 0.455. The van der Waals surface area contributed by atoms with Crippen LogP contribution < -0.4 is 20.1 Å². The Balaban J connectivity index is 1.09. The summed E-state index contributed by atoms with van der Waals surface area (Å²) in [5, 5.41) is 7.14. The van der Waals surface area contributed by atoms with E-state index in [9.17, 15) is 0 Å². The molecule has 0 radical (unpaired) electrons. The monoisotopic (exact) mass is 530 g/mol. The number of methoxy groups -OCH3 is 1. The third kappa shape index (κ3) is 6.75. The van der Waals surface area contributed by atoms with Crippen molar-refractivity contribution >= 4 is 5.69 Å². The normalized spacial score (nSPS) is 19.8. The zero-order valence-electron chi connectivity index (χ0n) is 23.5. The summed E-state index contributed by atoms with van der Waals surface area (Å²) in [7, 11) is 1.68. The van der Waals surface area contributed by atoms with Crippen LogP contribution >= 0.6 is 0 Å². The second kappa shape index (κ2) is 12.9. The van der Waals surface area contributed by atoms with E-state index in [2.05, 4.69) is 66.9 Å². The van der Waals surface area contributed by atoms with Gasteiger partial charge >= 0.3 is 0 Å². The summed E-state index contributed by atoms with van der Waals surface area (Å²) in [5.41, 5.74) is 6.43. The Labute approximate surface area is 233 Å². The lowest BCUT2D eigenvalue weighted by Crippen LogP contribution is -2.41. The molecule has 6 heteroatoms.